The van der Waals surface area contributed by atoms with E-state index in [1.807, 2.05) is 0 Å². The summed E-state index contributed by atoms with van der Waals surface area (Å²) in [6, 6.07) is 0. The first kappa shape index (κ1) is 87.2. The number of allylic oxidation sites excluding steroid dienone is 3. The standard InChI is InChI=1S/3C29H50O2.CH3FS.3CH4/c3*1-7-29(31)17-15-21-20(18-29)9-10-23-22(21)14-16-28(6)24(11-12-25(23)28)19(2)8-13-26(30)27(3,4)5;1-3-2;;;/h3*9,19,21-26,30-31H,7-8,10-18H2,1-6H3;1H3;3*1H4/t19-,21+,22-,23-,24-,25+,26?,28-,29+;19-,21+,22-,23-,24-,25+,26+,28-,29+;19-,21+,22-,23-,24-,25+,26-,28-,29+;;;;/m111..../s1. The van der Waals surface area contributed by atoms with Gasteiger partial charge in [-0.2, -0.15) is 3.89 Å². The molecule has 1 unspecified atom stereocenters. The molecule has 9 fully saturated rings. The Labute approximate surface area is 617 Å². The Morgan fingerprint density at radius 1 is 0.394 bits per heavy atom. The van der Waals surface area contributed by atoms with Crippen LogP contribution in [0.3, 0.4) is 0 Å². The van der Waals surface area contributed by atoms with Gasteiger partial charge in [-0.3, -0.25) is 0 Å². The lowest BCUT2D eigenvalue weighted by atomic mass is 9.50. The van der Waals surface area contributed by atoms with Crippen LogP contribution in [0.5, 0.6) is 0 Å². The SMILES string of the molecule is C.C.C.CC[C@]1(O)CC[C@H]2C(=CC[C@@H]3[C@@H]2CC[C@]2(C)[C@@H]([C@H](C)CCC(O)C(C)(C)C)CC[C@@H]32)C1.CC[C@]1(O)CC[C@H]2C(=CC[C@@H]3[C@@H]2CC[C@]2(C)[C@@H]([C@H](C)CC[C@@H](O)C(C)(C)C)CC[C@@H]32)C1.CC[C@]1(O)CC[C@H]2C(=CC[C@@H]3[C@@H]2CC[C@]2(C)[C@@H]([C@H](C)CC[C@H](O)C(C)(C)C)CC[C@@H]32)C1.CSF. The molecule has 0 amide bonds. The third-order valence-electron chi connectivity index (χ3n) is 32.7. The highest BCUT2D eigenvalue weighted by molar-refractivity contribution is 7.93. The van der Waals surface area contributed by atoms with Gasteiger partial charge >= 0.3 is 0 Å². The smallest absolute Gasteiger partial charge is 0.0682 e. The van der Waals surface area contributed by atoms with Crippen LogP contribution in [0, 0.1) is 139 Å². The fraction of sp³-hybridized carbons (Fsp3) is 0.934. The van der Waals surface area contributed by atoms with E-state index in [1.54, 1.807) is 16.7 Å². The van der Waals surface area contributed by atoms with Crippen LogP contribution >= 0.6 is 12.1 Å². The van der Waals surface area contributed by atoms with E-state index in [1.165, 1.54) is 141 Å². The normalized spacial score (nSPS) is 42.1. The predicted molar refractivity (Wildman–Crippen MR) is 424 cm³/mol. The van der Waals surface area contributed by atoms with E-state index in [2.05, 4.69) is 143 Å². The minimum atomic E-state index is -0.427. The van der Waals surface area contributed by atoms with Gasteiger partial charge in [-0.1, -0.05) is 182 Å². The fourth-order valence-corrected chi connectivity index (χ4v) is 26.1. The third-order valence-corrected chi connectivity index (χ3v) is 32.7. The second kappa shape index (κ2) is 34.2. The van der Waals surface area contributed by atoms with E-state index in [9.17, 15) is 34.5 Å². The summed E-state index contributed by atoms with van der Waals surface area (Å²) >= 11 is 0.250. The highest BCUT2D eigenvalue weighted by Gasteiger charge is 2.61. The van der Waals surface area contributed by atoms with Crippen molar-refractivity contribution >= 4 is 12.1 Å². The maximum Gasteiger partial charge on any atom is 0.0682 e. The van der Waals surface area contributed by atoms with Gasteiger partial charge in [0.2, 0.25) is 0 Å². The number of hydrogen-bond acceptors (Lipinski definition) is 7. The highest BCUT2D eigenvalue weighted by Crippen LogP contribution is 2.69. The summed E-state index contributed by atoms with van der Waals surface area (Å²) < 4.78 is 10.2. The van der Waals surface area contributed by atoms with Gasteiger partial charge in [0.1, 0.15) is 0 Å². The van der Waals surface area contributed by atoms with Crippen LogP contribution in [0.25, 0.3) is 0 Å². The van der Waals surface area contributed by atoms with Crippen LogP contribution in [0.2, 0.25) is 0 Å². The van der Waals surface area contributed by atoms with Crippen molar-refractivity contribution in [1.82, 2.24) is 0 Å². The van der Waals surface area contributed by atoms with Crippen LogP contribution in [0.15, 0.2) is 34.9 Å². The monoisotopic (exact) mass is 1410 g/mol. The Balaban J connectivity index is 0.000000226. The van der Waals surface area contributed by atoms with Crippen molar-refractivity contribution < 1.29 is 34.5 Å². The molecule has 12 aliphatic carbocycles. The molecule has 99 heavy (non-hydrogen) atoms. The number of hydrogen-bond donors (Lipinski definition) is 6. The van der Waals surface area contributed by atoms with E-state index in [0.29, 0.717) is 34.0 Å². The van der Waals surface area contributed by atoms with E-state index in [0.717, 1.165) is 166 Å². The Hall–Kier alpha value is -0.740. The van der Waals surface area contributed by atoms with E-state index in [4.69, 9.17) is 0 Å². The summed E-state index contributed by atoms with van der Waals surface area (Å²) in [5, 5.41) is 64.4. The molecule has 0 spiro atoms. The molecule has 0 aromatic heterocycles. The Morgan fingerprint density at radius 3 is 0.838 bits per heavy atom. The number of aliphatic hydroxyl groups excluding tert-OH is 3. The molecule has 0 aromatic carbocycles. The molecule has 12 rings (SSSR count). The van der Waals surface area contributed by atoms with Gasteiger partial charge in [-0.05, 0) is 351 Å². The first-order valence-electron chi connectivity index (χ1n) is 41.3. The first-order chi connectivity index (χ1) is 44.9. The molecule has 12 aliphatic rings. The molecule has 0 heterocycles. The Morgan fingerprint density at radius 2 is 0.626 bits per heavy atom. The van der Waals surface area contributed by atoms with Gasteiger partial charge in [-0.25, -0.2) is 0 Å². The molecular formula is C91H165FO6S. The lowest BCUT2D eigenvalue weighted by Gasteiger charge is -2.55. The van der Waals surface area contributed by atoms with Crippen molar-refractivity contribution in [2.75, 3.05) is 6.26 Å². The topological polar surface area (TPSA) is 121 Å². The van der Waals surface area contributed by atoms with Crippen LogP contribution in [0.4, 0.5) is 3.89 Å². The summed E-state index contributed by atoms with van der Waals surface area (Å²) in [4.78, 5) is 0. The molecule has 6 nitrogen and oxygen atoms in total. The number of halogens is 1. The van der Waals surface area contributed by atoms with Crippen molar-refractivity contribution in [3.63, 3.8) is 0 Å². The second-order valence-electron chi connectivity index (χ2n) is 40.7. The maximum atomic E-state index is 10.9. The average Bonchev–Trinajstić information content (AvgIpc) is 1.66. The molecule has 0 aliphatic heterocycles. The maximum absolute atomic E-state index is 10.9. The van der Waals surface area contributed by atoms with Crippen LogP contribution < -0.4 is 0 Å². The lowest BCUT2D eigenvalue weighted by Crippen LogP contribution is -2.48. The molecule has 8 heteroatoms. The summed E-state index contributed by atoms with van der Waals surface area (Å²) in [6.45, 7) is 41.2. The minimum absolute atomic E-state index is 0. The van der Waals surface area contributed by atoms with Gasteiger partial charge in [0, 0.05) is 18.4 Å². The predicted octanol–water partition coefficient (Wildman–Crippen LogP) is 24.6. The van der Waals surface area contributed by atoms with Crippen molar-refractivity contribution in [3.05, 3.63) is 34.9 Å². The molecule has 0 aromatic rings. The van der Waals surface area contributed by atoms with Gasteiger partial charge in [-0.15, -0.1) is 0 Å². The van der Waals surface area contributed by atoms with Crippen molar-refractivity contribution in [2.24, 2.45) is 139 Å². The van der Waals surface area contributed by atoms with Crippen molar-refractivity contribution in [1.29, 1.82) is 0 Å². The molecule has 27 atom stereocenters. The van der Waals surface area contributed by atoms with Crippen molar-refractivity contribution in [2.45, 2.75) is 394 Å². The highest BCUT2D eigenvalue weighted by atomic mass is 32.2. The van der Waals surface area contributed by atoms with Gasteiger partial charge in [0.15, 0.2) is 0 Å². The van der Waals surface area contributed by atoms with Gasteiger partial charge in [0.25, 0.3) is 0 Å². The zero-order chi connectivity index (χ0) is 70.5. The minimum Gasteiger partial charge on any atom is -0.393 e. The quantitative estimate of drug-likeness (QED) is 0.0904. The summed E-state index contributed by atoms with van der Waals surface area (Å²) in [5.41, 5.74) is 5.03. The molecule has 0 bridgehead atoms. The first-order valence-corrected chi connectivity index (χ1v) is 42.4. The molecule has 0 saturated heterocycles. The van der Waals surface area contributed by atoms with E-state index < -0.39 is 16.8 Å². The molecule has 0 radical (unpaired) electrons. The molecule has 9 saturated carbocycles. The second-order valence-corrected chi connectivity index (χ2v) is 41.0. The lowest BCUT2D eigenvalue weighted by molar-refractivity contribution is -0.0472. The van der Waals surface area contributed by atoms with Crippen LogP contribution in [-0.2, 0) is 0 Å². The van der Waals surface area contributed by atoms with Crippen LogP contribution in [-0.4, -0.2) is 72.0 Å². The summed E-state index contributed by atoms with van der Waals surface area (Å²) in [5.74, 6) is 14.8. The van der Waals surface area contributed by atoms with E-state index >= 15 is 0 Å². The third kappa shape index (κ3) is 18.5. The van der Waals surface area contributed by atoms with Crippen molar-refractivity contribution in [3.8, 4) is 0 Å². The van der Waals surface area contributed by atoms with Gasteiger partial charge < -0.3 is 30.6 Å². The number of rotatable bonds is 15. The summed E-state index contributed by atoms with van der Waals surface area (Å²) in [6.07, 6.45) is 47.7. The van der Waals surface area contributed by atoms with Gasteiger partial charge in [0.05, 0.1) is 35.1 Å². The van der Waals surface area contributed by atoms with E-state index in [-0.39, 0.29) is 69.0 Å². The fourth-order valence-electron chi connectivity index (χ4n) is 26.1. The number of fused-ring (bicyclic) bond motifs is 15. The molecular weight excluding hydrogens is 1240 g/mol. The summed E-state index contributed by atoms with van der Waals surface area (Å²) in [7, 11) is 0. The average molecular weight is 1410 g/mol. The largest absolute Gasteiger partial charge is 0.393 e. The Kier molecular flexibility index (Phi) is 30.1. The number of aliphatic hydroxyl groups is 6. The Bertz CT molecular complexity index is 2330. The zero-order valence-corrected chi connectivity index (χ0v) is 66.5. The van der Waals surface area contributed by atoms with Crippen LogP contribution in [0.1, 0.15) is 359 Å². The molecule has 578 valence electrons. The zero-order valence-electron chi connectivity index (χ0n) is 65.7. The molecule has 6 N–H and O–H groups in total.